The Balaban J connectivity index is 2.19. The molecule has 0 bridgehead atoms. The molecule has 3 rings (SSSR count). The van der Waals surface area contributed by atoms with Gasteiger partial charge >= 0.3 is 5.69 Å². The summed E-state index contributed by atoms with van der Waals surface area (Å²) in [5.41, 5.74) is 3.14. The Morgan fingerprint density at radius 3 is 2.94 bits per heavy atom. The van der Waals surface area contributed by atoms with E-state index in [1.807, 2.05) is 29.7 Å². The van der Waals surface area contributed by atoms with Crippen molar-refractivity contribution in [3.8, 4) is 0 Å². The molecule has 2 heterocycles. The van der Waals surface area contributed by atoms with E-state index in [2.05, 4.69) is 16.9 Å². The fourth-order valence-corrected chi connectivity index (χ4v) is 2.97. The van der Waals surface area contributed by atoms with Crippen LogP contribution in [0.3, 0.4) is 0 Å². The Morgan fingerprint density at radius 2 is 2.17 bits per heavy atom. The SMILES string of the molecule is Cc1cccc2c1[nH]c(=O)n2C1CCCCN1C. The molecule has 1 fully saturated rings. The third-order valence-corrected chi connectivity index (χ3v) is 3.99. The first kappa shape index (κ1) is 11.5. The fourth-order valence-electron chi connectivity index (χ4n) is 2.97. The third kappa shape index (κ3) is 1.68. The lowest BCUT2D eigenvalue weighted by molar-refractivity contribution is 0.128. The van der Waals surface area contributed by atoms with Gasteiger partial charge in [0.15, 0.2) is 0 Å². The van der Waals surface area contributed by atoms with Crippen molar-refractivity contribution in [3.05, 3.63) is 34.2 Å². The number of benzene rings is 1. The Morgan fingerprint density at radius 1 is 1.33 bits per heavy atom. The van der Waals surface area contributed by atoms with Crippen LogP contribution in [-0.2, 0) is 0 Å². The van der Waals surface area contributed by atoms with Crippen LogP contribution in [0.1, 0.15) is 31.0 Å². The first-order valence-electron chi connectivity index (χ1n) is 6.58. The van der Waals surface area contributed by atoms with Crippen molar-refractivity contribution < 1.29 is 0 Å². The van der Waals surface area contributed by atoms with Gasteiger partial charge in [-0.2, -0.15) is 0 Å². The molecule has 0 aliphatic carbocycles. The number of fused-ring (bicyclic) bond motifs is 1. The fraction of sp³-hybridized carbons (Fsp3) is 0.500. The predicted molar refractivity (Wildman–Crippen MR) is 72.8 cm³/mol. The van der Waals surface area contributed by atoms with E-state index in [0.29, 0.717) is 0 Å². The van der Waals surface area contributed by atoms with Gasteiger partial charge in [-0.1, -0.05) is 12.1 Å². The van der Waals surface area contributed by atoms with E-state index in [4.69, 9.17) is 0 Å². The van der Waals surface area contributed by atoms with E-state index < -0.39 is 0 Å². The Bertz CT molecular complexity index is 625. The lowest BCUT2D eigenvalue weighted by Gasteiger charge is -2.33. The Kier molecular flexibility index (Phi) is 2.74. The summed E-state index contributed by atoms with van der Waals surface area (Å²) in [6.07, 6.45) is 3.67. The lowest BCUT2D eigenvalue weighted by Crippen LogP contribution is -2.37. The minimum Gasteiger partial charge on any atom is -0.305 e. The first-order chi connectivity index (χ1) is 8.68. The predicted octanol–water partition coefficient (Wildman–Crippen LogP) is 2.25. The van der Waals surface area contributed by atoms with Crippen molar-refractivity contribution in [2.24, 2.45) is 0 Å². The maximum absolute atomic E-state index is 12.2. The molecule has 1 aliphatic heterocycles. The molecular formula is C14H19N3O. The monoisotopic (exact) mass is 245 g/mol. The van der Waals surface area contributed by atoms with Crippen LogP contribution in [0.15, 0.2) is 23.0 Å². The number of hydrogen-bond donors (Lipinski definition) is 1. The molecule has 2 aromatic rings. The van der Waals surface area contributed by atoms with E-state index in [1.165, 1.54) is 12.8 Å². The molecule has 1 atom stereocenters. The van der Waals surface area contributed by atoms with Gasteiger partial charge in [-0.3, -0.25) is 9.47 Å². The largest absolute Gasteiger partial charge is 0.327 e. The Hall–Kier alpha value is -1.55. The molecule has 1 N–H and O–H groups in total. The van der Waals surface area contributed by atoms with Crippen molar-refractivity contribution in [3.63, 3.8) is 0 Å². The van der Waals surface area contributed by atoms with E-state index in [0.717, 1.165) is 29.6 Å². The summed E-state index contributed by atoms with van der Waals surface area (Å²) in [7, 11) is 2.10. The molecule has 1 unspecified atom stereocenters. The number of piperidine rings is 1. The number of aromatic amines is 1. The van der Waals surface area contributed by atoms with Crippen LogP contribution in [-0.4, -0.2) is 28.0 Å². The second-order valence-electron chi connectivity index (χ2n) is 5.23. The minimum absolute atomic E-state index is 0.0121. The standard InChI is InChI=1S/C14H19N3O/c1-10-6-5-7-11-13(10)15-14(18)17(11)12-8-3-4-9-16(12)2/h5-7,12H,3-4,8-9H2,1-2H3,(H,15,18). The van der Waals surface area contributed by atoms with Crippen LogP contribution in [0.2, 0.25) is 0 Å². The van der Waals surface area contributed by atoms with Crippen molar-refractivity contribution in [1.29, 1.82) is 0 Å². The van der Waals surface area contributed by atoms with E-state index in [9.17, 15) is 4.79 Å². The summed E-state index contributed by atoms with van der Waals surface area (Å²) in [4.78, 5) is 17.5. The summed E-state index contributed by atoms with van der Waals surface area (Å²) in [5, 5.41) is 0. The van der Waals surface area contributed by atoms with Gasteiger partial charge in [-0.05, 0) is 51.4 Å². The molecule has 0 radical (unpaired) electrons. The van der Waals surface area contributed by atoms with Crippen LogP contribution in [0.5, 0.6) is 0 Å². The van der Waals surface area contributed by atoms with E-state index in [-0.39, 0.29) is 11.9 Å². The molecule has 1 aliphatic rings. The third-order valence-electron chi connectivity index (χ3n) is 3.99. The molecule has 0 saturated carbocycles. The number of hydrogen-bond acceptors (Lipinski definition) is 2. The molecule has 18 heavy (non-hydrogen) atoms. The number of imidazole rings is 1. The van der Waals surface area contributed by atoms with Crippen LogP contribution in [0.25, 0.3) is 11.0 Å². The van der Waals surface area contributed by atoms with Gasteiger partial charge in [-0.15, -0.1) is 0 Å². The molecule has 1 aromatic heterocycles. The average molecular weight is 245 g/mol. The van der Waals surface area contributed by atoms with Crippen LogP contribution in [0, 0.1) is 6.92 Å². The highest BCUT2D eigenvalue weighted by Crippen LogP contribution is 2.26. The highest BCUT2D eigenvalue weighted by Gasteiger charge is 2.24. The van der Waals surface area contributed by atoms with Crippen LogP contribution in [0.4, 0.5) is 0 Å². The lowest BCUT2D eigenvalue weighted by atomic mass is 10.1. The molecule has 4 nitrogen and oxygen atoms in total. The van der Waals surface area contributed by atoms with Crippen molar-refractivity contribution >= 4 is 11.0 Å². The maximum atomic E-state index is 12.2. The van der Waals surface area contributed by atoms with Crippen molar-refractivity contribution in [1.82, 2.24) is 14.5 Å². The second kappa shape index (κ2) is 4.28. The molecule has 0 spiro atoms. The van der Waals surface area contributed by atoms with Gasteiger partial charge in [0.05, 0.1) is 17.2 Å². The quantitative estimate of drug-likeness (QED) is 0.837. The van der Waals surface area contributed by atoms with E-state index >= 15 is 0 Å². The van der Waals surface area contributed by atoms with Gasteiger partial charge in [0, 0.05) is 0 Å². The Labute approximate surface area is 106 Å². The maximum Gasteiger partial charge on any atom is 0.327 e. The zero-order chi connectivity index (χ0) is 12.7. The van der Waals surface area contributed by atoms with Crippen molar-refractivity contribution in [2.45, 2.75) is 32.4 Å². The number of nitrogens with one attached hydrogen (secondary N) is 1. The zero-order valence-electron chi connectivity index (χ0n) is 10.9. The van der Waals surface area contributed by atoms with Crippen LogP contribution >= 0.6 is 0 Å². The van der Waals surface area contributed by atoms with Gasteiger partial charge in [-0.25, -0.2) is 4.79 Å². The molecule has 4 heteroatoms. The highest BCUT2D eigenvalue weighted by atomic mass is 16.1. The van der Waals surface area contributed by atoms with Gasteiger partial charge in [0.1, 0.15) is 0 Å². The number of H-pyrrole nitrogens is 1. The van der Waals surface area contributed by atoms with Crippen molar-refractivity contribution in [2.75, 3.05) is 13.6 Å². The molecule has 96 valence electrons. The van der Waals surface area contributed by atoms with Gasteiger partial charge in [0.2, 0.25) is 0 Å². The zero-order valence-corrected chi connectivity index (χ0v) is 10.9. The normalized spacial score (nSPS) is 21.6. The minimum atomic E-state index is 0.0121. The second-order valence-corrected chi connectivity index (χ2v) is 5.23. The summed E-state index contributed by atoms with van der Waals surface area (Å²) >= 11 is 0. The van der Waals surface area contributed by atoms with Gasteiger partial charge < -0.3 is 4.98 Å². The smallest absolute Gasteiger partial charge is 0.305 e. The summed E-state index contributed by atoms with van der Waals surface area (Å²) in [6, 6.07) is 6.08. The van der Waals surface area contributed by atoms with Crippen LogP contribution < -0.4 is 5.69 Å². The molecule has 0 amide bonds. The number of nitrogens with zero attached hydrogens (tertiary/aromatic N) is 2. The number of aryl methyl sites for hydroxylation is 1. The molecule has 1 aromatic carbocycles. The summed E-state index contributed by atoms with van der Waals surface area (Å²) < 4.78 is 1.92. The summed E-state index contributed by atoms with van der Waals surface area (Å²) in [6.45, 7) is 3.10. The van der Waals surface area contributed by atoms with Gasteiger partial charge in [0.25, 0.3) is 0 Å². The number of para-hydroxylation sites is 1. The molecule has 1 saturated heterocycles. The number of rotatable bonds is 1. The molecular weight excluding hydrogens is 226 g/mol. The average Bonchev–Trinajstić information content (AvgIpc) is 2.68. The number of aromatic nitrogens is 2. The summed E-state index contributed by atoms with van der Waals surface area (Å²) in [5.74, 6) is 0. The number of likely N-dealkylation sites (tertiary alicyclic amines) is 1. The topological polar surface area (TPSA) is 41.0 Å². The highest BCUT2D eigenvalue weighted by molar-refractivity contribution is 5.78. The first-order valence-corrected chi connectivity index (χ1v) is 6.58. The van der Waals surface area contributed by atoms with E-state index in [1.54, 1.807) is 0 Å².